The summed E-state index contributed by atoms with van der Waals surface area (Å²) in [6.07, 6.45) is 5.05. The summed E-state index contributed by atoms with van der Waals surface area (Å²) in [5.41, 5.74) is 5.38. The quantitative estimate of drug-likeness (QED) is 0.480. The van der Waals surface area contributed by atoms with E-state index in [0.717, 1.165) is 0 Å². The van der Waals surface area contributed by atoms with Crippen molar-refractivity contribution in [3.63, 3.8) is 0 Å². The molecule has 12 nitrogen and oxygen atoms in total. The summed E-state index contributed by atoms with van der Waals surface area (Å²) in [5, 5.41) is 16.2. The first kappa shape index (κ1) is 28.6. The normalized spacial score (nSPS) is 11.8. The molecular weight excluding hydrogens is 492 g/mol. The van der Waals surface area contributed by atoms with Crippen LogP contribution >= 0.6 is 10.7 Å². The molecule has 0 unspecified atom stereocenters. The van der Waals surface area contributed by atoms with Crippen molar-refractivity contribution >= 4 is 35.6 Å². The number of nitrogens with two attached hydrogens (primary N) is 2. The maximum absolute atomic E-state index is 10.8. The van der Waals surface area contributed by atoms with E-state index in [2.05, 4.69) is 29.1 Å². The number of rotatable bonds is 5. The van der Waals surface area contributed by atoms with Crippen LogP contribution in [0.3, 0.4) is 0 Å². The fraction of sp³-hybridized carbons (Fsp3) is 0.500. The summed E-state index contributed by atoms with van der Waals surface area (Å²) >= 11 is 0. The fourth-order valence-corrected chi connectivity index (χ4v) is 3.26. The van der Waals surface area contributed by atoms with Crippen LogP contribution in [0, 0.1) is 0 Å². The van der Waals surface area contributed by atoms with Crippen molar-refractivity contribution in [2.24, 2.45) is 5.14 Å². The highest BCUT2D eigenvalue weighted by molar-refractivity contribution is 8.13. The van der Waals surface area contributed by atoms with Crippen LogP contribution in [-0.4, -0.2) is 46.2 Å². The third-order valence-electron chi connectivity index (χ3n) is 3.93. The topological polar surface area (TPSA) is 174 Å². The first-order valence-electron chi connectivity index (χ1n) is 9.90. The molecule has 15 heteroatoms. The Kier molecular flexibility index (Phi) is 10.1. The lowest BCUT2D eigenvalue weighted by Gasteiger charge is -2.02. The molecule has 3 heterocycles. The first-order valence-corrected chi connectivity index (χ1v) is 13.8. The van der Waals surface area contributed by atoms with Gasteiger partial charge in [-0.15, -0.1) is 0 Å². The van der Waals surface area contributed by atoms with Gasteiger partial charge < -0.3 is 5.73 Å². The van der Waals surface area contributed by atoms with Crippen molar-refractivity contribution in [3.05, 3.63) is 36.8 Å². The summed E-state index contributed by atoms with van der Waals surface area (Å²) in [5.74, 6) is 0.587. The molecule has 0 aliphatic heterocycles. The van der Waals surface area contributed by atoms with E-state index in [1.165, 1.54) is 16.8 Å². The standard InChI is InChI=1S/C6H9ClN2O2S.C6H11N3O2S.C6H11N3/c2*1-5(2)9-4-3-6(8-9)12(7,10)11;1-5(2)9-4-3-6(7)8-9/h3-5H,1-2H3;3-5H,1-2H3,(H2,7,10,11);3-5H,1-2H3,(H2,7,8). The monoisotopic (exact) mass is 522 g/mol. The highest BCUT2D eigenvalue weighted by atomic mass is 35.7. The van der Waals surface area contributed by atoms with Gasteiger partial charge in [-0.1, -0.05) is 0 Å². The second-order valence-electron chi connectivity index (χ2n) is 7.75. The number of hydrogen-bond acceptors (Lipinski definition) is 8. The minimum Gasteiger partial charge on any atom is -0.382 e. The molecule has 0 saturated heterocycles. The Morgan fingerprint density at radius 1 is 0.727 bits per heavy atom. The van der Waals surface area contributed by atoms with Gasteiger partial charge in [-0.3, -0.25) is 14.0 Å². The number of sulfonamides is 1. The van der Waals surface area contributed by atoms with E-state index < -0.39 is 19.1 Å². The number of anilines is 1. The Morgan fingerprint density at radius 2 is 1.09 bits per heavy atom. The summed E-state index contributed by atoms with van der Waals surface area (Å²) in [7, 11) is -2.25. The SMILES string of the molecule is CC(C)n1ccc(N)n1.CC(C)n1ccc(S(=O)(=O)Cl)n1.CC(C)n1ccc(S(N)(=O)=O)n1. The zero-order valence-electron chi connectivity index (χ0n) is 19.4. The molecule has 0 saturated carbocycles. The minimum atomic E-state index is -3.68. The molecule has 186 valence electrons. The molecule has 0 aromatic carbocycles. The minimum absolute atomic E-state index is 0.0869. The van der Waals surface area contributed by atoms with Crippen LogP contribution in [0.2, 0.25) is 0 Å². The Labute approximate surface area is 199 Å². The maximum atomic E-state index is 10.8. The molecular formula is C18H31ClN8O4S2. The highest BCUT2D eigenvalue weighted by Crippen LogP contribution is 2.13. The number of hydrogen-bond donors (Lipinski definition) is 2. The van der Waals surface area contributed by atoms with Crippen molar-refractivity contribution in [1.82, 2.24) is 29.3 Å². The van der Waals surface area contributed by atoms with E-state index in [4.69, 9.17) is 21.6 Å². The molecule has 0 aliphatic rings. The number of halogens is 1. The molecule has 33 heavy (non-hydrogen) atoms. The van der Waals surface area contributed by atoms with Crippen LogP contribution in [0.1, 0.15) is 59.7 Å². The van der Waals surface area contributed by atoms with Crippen LogP contribution in [-0.2, 0) is 19.1 Å². The van der Waals surface area contributed by atoms with Crippen LogP contribution in [0.4, 0.5) is 5.82 Å². The third kappa shape index (κ3) is 9.53. The van der Waals surface area contributed by atoms with E-state index in [0.29, 0.717) is 11.9 Å². The molecule has 0 radical (unpaired) electrons. The first-order chi connectivity index (χ1) is 15.0. The second kappa shape index (κ2) is 11.6. The number of primary sulfonamides is 1. The zero-order chi connectivity index (χ0) is 25.6. The zero-order valence-corrected chi connectivity index (χ0v) is 21.8. The second-order valence-corrected chi connectivity index (χ2v) is 11.8. The predicted molar refractivity (Wildman–Crippen MR) is 127 cm³/mol. The van der Waals surface area contributed by atoms with Gasteiger partial charge in [0.2, 0.25) is 0 Å². The lowest BCUT2D eigenvalue weighted by atomic mass is 10.4. The Balaban J connectivity index is 0.000000250. The van der Waals surface area contributed by atoms with E-state index in [1.807, 2.05) is 38.6 Å². The molecule has 0 bridgehead atoms. The molecule has 0 atom stereocenters. The van der Waals surface area contributed by atoms with Gasteiger partial charge in [0.1, 0.15) is 5.82 Å². The molecule has 0 amide bonds. The van der Waals surface area contributed by atoms with Crippen molar-refractivity contribution in [2.75, 3.05) is 5.73 Å². The van der Waals surface area contributed by atoms with Gasteiger partial charge in [0.25, 0.3) is 19.1 Å². The maximum Gasteiger partial charge on any atom is 0.280 e. The fourth-order valence-electron chi connectivity index (χ4n) is 2.14. The van der Waals surface area contributed by atoms with Crippen LogP contribution in [0.5, 0.6) is 0 Å². The molecule has 3 aromatic heterocycles. The summed E-state index contributed by atoms with van der Waals surface area (Å²) in [6.45, 7) is 11.7. The predicted octanol–water partition coefficient (Wildman–Crippen LogP) is 2.55. The molecule has 0 fully saturated rings. The van der Waals surface area contributed by atoms with Crippen LogP contribution < -0.4 is 10.9 Å². The highest BCUT2D eigenvalue weighted by Gasteiger charge is 2.14. The molecule has 0 spiro atoms. The van der Waals surface area contributed by atoms with Crippen molar-refractivity contribution in [3.8, 4) is 0 Å². The largest absolute Gasteiger partial charge is 0.382 e. The van der Waals surface area contributed by atoms with Gasteiger partial charge in [0, 0.05) is 47.4 Å². The Bertz CT molecular complexity index is 1150. The average Bonchev–Trinajstić information content (AvgIpc) is 3.41. The van der Waals surface area contributed by atoms with E-state index in [-0.39, 0.29) is 22.1 Å². The number of nitrogen functional groups attached to an aromatic ring is 1. The summed E-state index contributed by atoms with van der Waals surface area (Å²) in [4.78, 5) is 0. The van der Waals surface area contributed by atoms with Crippen LogP contribution in [0.15, 0.2) is 46.8 Å². The van der Waals surface area contributed by atoms with Gasteiger partial charge in [0.15, 0.2) is 10.1 Å². The molecule has 3 aromatic rings. The third-order valence-corrected chi connectivity index (χ3v) is 5.92. The van der Waals surface area contributed by atoms with E-state index in [9.17, 15) is 16.8 Å². The van der Waals surface area contributed by atoms with Crippen LogP contribution in [0.25, 0.3) is 0 Å². The summed E-state index contributed by atoms with van der Waals surface area (Å²) in [6, 6.07) is 5.23. The van der Waals surface area contributed by atoms with Gasteiger partial charge in [-0.25, -0.2) is 22.0 Å². The van der Waals surface area contributed by atoms with Crippen molar-refractivity contribution < 1.29 is 16.8 Å². The van der Waals surface area contributed by atoms with Crippen molar-refractivity contribution in [2.45, 2.75) is 69.7 Å². The molecule has 0 aliphatic carbocycles. The number of nitrogens with zero attached hydrogens (tertiary/aromatic N) is 6. The lowest BCUT2D eigenvalue weighted by Crippen LogP contribution is -2.13. The van der Waals surface area contributed by atoms with E-state index >= 15 is 0 Å². The van der Waals surface area contributed by atoms with Gasteiger partial charge in [-0.2, -0.15) is 15.3 Å². The Hall–Kier alpha value is -2.42. The average molecular weight is 523 g/mol. The number of aromatic nitrogens is 6. The van der Waals surface area contributed by atoms with Gasteiger partial charge in [-0.05, 0) is 59.7 Å². The molecule has 4 N–H and O–H groups in total. The van der Waals surface area contributed by atoms with Gasteiger partial charge >= 0.3 is 0 Å². The molecule has 3 rings (SSSR count). The van der Waals surface area contributed by atoms with E-state index in [1.54, 1.807) is 23.1 Å². The lowest BCUT2D eigenvalue weighted by molar-refractivity contribution is 0.516. The summed E-state index contributed by atoms with van der Waals surface area (Å²) < 4.78 is 48.0. The Morgan fingerprint density at radius 3 is 1.30 bits per heavy atom. The van der Waals surface area contributed by atoms with Crippen molar-refractivity contribution in [1.29, 1.82) is 0 Å². The smallest absolute Gasteiger partial charge is 0.280 e. The van der Waals surface area contributed by atoms with Gasteiger partial charge in [0.05, 0.1) is 0 Å².